The molecule has 0 aromatic rings. The molecule has 1 rings (SSSR count). The molecule has 17 heavy (non-hydrogen) atoms. The number of aliphatic imine (C=N–C) groups is 1. The quantitative estimate of drug-likeness (QED) is 0.752. The third-order valence-corrected chi connectivity index (χ3v) is 3.63. The van der Waals surface area contributed by atoms with Gasteiger partial charge in [0.15, 0.2) is 5.72 Å². The van der Waals surface area contributed by atoms with Gasteiger partial charge in [0.1, 0.15) is 0 Å². The summed E-state index contributed by atoms with van der Waals surface area (Å²) in [6.07, 6.45) is 8.82. The molecule has 2 nitrogen and oxygen atoms in total. The fourth-order valence-corrected chi connectivity index (χ4v) is 1.86. The van der Waals surface area contributed by atoms with Crippen LogP contribution in [-0.2, 0) is 0 Å². The molecule has 0 radical (unpaired) electrons. The van der Waals surface area contributed by atoms with Gasteiger partial charge in [-0.25, -0.2) is 0 Å². The highest BCUT2D eigenvalue weighted by molar-refractivity contribution is 7.21. The topological polar surface area (TPSA) is 32.6 Å². The Morgan fingerprint density at radius 2 is 2.00 bits per heavy atom. The smallest absolute Gasteiger partial charge is 0.172 e. The maximum atomic E-state index is 10.0. The molecule has 0 aliphatic carbocycles. The monoisotopic (exact) mass is 253 g/mol. The van der Waals surface area contributed by atoms with Crippen molar-refractivity contribution in [3.8, 4) is 0 Å². The van der Waals surface area contributed by atoms with Crippen LogP contribution in [0.1, 0.15) is 41.0 Å². The Morgan fingerprint density at radius 3 is 2.53 bits per heavy atom. The molecule has 3 heteroatoms. The van der Waals surface area contributed by atoms with E-state index in [9.17, 15) is 5.11 Å². The van der Waals surface area contributed by atoms with Gasteiger partial charge in [-0.1, -0.05) is 32.9 Å². The molecule has 0 bridgehead atoms. The molecule has 1 aliphatic heterocycles. The lowest BCUT2D eigenvalue weighted by molar-refractivity contribution is 0.122. The Hall–Kier alpha value is -0.460. The van der Waals surface area contributed by atoms with Crippen molar-refractivity contribution in [1.82, 2.24) is 0 Å². The molecule has 0 amide bonds. The summed E-state index contributed by atoms with van der Waals surface area (Å²) < 4.78 is 0. The van der Waals surface area contributed by atoms with Crippen LogP contribution in [0.3, 0.4) is 0 Å². The first-order valence-electron chi connectivity index (χ1n) is 6.08. The van der Waals surface area contributed by atoms with Gasteiger partial charge in [-0.15, -0.1) is 9.24 Å². The number of aliphatic hydroxyl groups is 1. The van der Waals surface area contributed by atoms with E-state index in [0.29, 0.717) is 0 Å². The third-order valence-electron chi connectivity index (χ3n) is 3.31. The molecule has 3 unspecified atom stereocenters. The number of hydrogen-bond acceptors (Lipinski definition) is 2. The van der Waals surface area contributed by atoms with Gasteiger partial charge >= 0.3 is 0 Å². The third kappa shape index (κ3) is 4.04. The van der Waals surface area contributed by atoms with Gasteiger partial charge in [0.25, 0.3) is 0 Å². The summed E-state index contributed by atoms with van der Waals surface area (Å²) in [5.74, 6) is 0. The fraction of sp³-hybridized carbons (Fsp3) is 0.643. The predicted molar refractivity (Wildman–Crippen MR) is 78.5 cm³/mol. The second-order valence-corrected chi connectivity index (χ2v) is 7.13. The van der Waals surface area contributed by atoms with Crippen molar-refractivity contribution >= 4 is 15.5 Å². The van der Waals surface area contributed by atoms with Crippen molar-refractivity contribution in [1.29, 1.82) is 0 Å². The summed E-state index contributed by atoms with van der Waals surface area (Å²) in [5.41, 5.74) is 0.237. The molecule has 0 aromatic heterocycles. The molecule has 0 saturated carbocycles. The number of hydrogen-bond donors (Lipinski definition) is 1. The molecule has 0 saturated heterocycles. The maximum Gasteiger partial charge on any atom is 0.172 e. The highest BCUT2D eigenvalue weighted by Gasteiger charge is 2.26. The first kappa shape index (κ1) is 14.6. The van der Waals surface area contributed by atoms with Gasteiger partial charge in [-0.2, -0.15) is 0 Å². The lowest BCUT2D eigenvalue weighted by atomic mass is 9.79. The zero-order chi connectivity index (χ0) is 13.3. The van der Waals surface area contributed by atoms with Crippen LogP contribution in [0.25, 0.3) is 0 Å². The Balaban J connectivity index is 3.26. The highest BCUT2D eigenvalue weighted by Crippen LogP contribution is 2.35. The molecule has 3 atom stereocenters. The van der Waals surface area contributed by atoms with Crippen LogP contribution in [0.15, 0.2) is 28.8 Å². The number of allylic oxidation sites excluding steroid dienone is 3. The summed E-state index contributed by atoms with van der Waals surface area (Å²) in [5, 5.41) is 9.83. The first-order chi connectivity index (χ1) is 7.58. The van der Waals surface area contributed by atoms with Gasteiger partial charge in [-0.05, 0) is 37.3 Å². The standard InChI is InChI=1S/C14H24NOP/c1-6-12(2,3)11-7-8-14(5,16)15-10-13(4,17)9-11/h7-10,16H,6,17H2,1-5H3/b8-7-,11-9+,15-10-. The first-order valence-corrected chi connectivity index (χ1v) is 6.66. The number of nitrogens with zero attached hydrogens (tertiary/aromatic N) is 1. The number of rotatable bonds is 2. The zero-order valence-electron chi connectivity index (χ0n) is 11.5. The average Bonchev–Trinajstić information content (AvgIpc) is 2.20. The van der Waals surface area contributed by atoms with Crippen LogP contribution in [-0.4, -0.2) is 22.2 Å². The maximum absolute atomic E-state index is 10.0. The minimum atomic E-state index is -1.11. The molecule has 0 spiro atoms. The Kier molecular flexibility index (Phi) is 4.01. The minimum absolute atomic E-state index is 0.107. The zero-order valence-corrected chi connectivity index (χ0v) is 12.6. The largest absolute Gasteiger partial charge is 0.366 e. The molecule has 0 fully saturated rings. The lowest BCUT2D eigenvalue weighted by Gasteiger charge is -2.30. The summed E-state index contributed by atoms with van der Waals surface area (Å²) in [7, 11) is 2.78. The summed E-state index contributed by atoms with van der Waals surface area (Å²) in [6, 6.07) is 0. The normalized spacial score (nSPS) is 41.0. The fourth-order valence-electron chi connectivity index (χ4n) is 1.61. The second-order valence-electron chi connectivity index (χ2n) is 5.89. The molecule has 0 aromatic carbocycles. The van der Waals surface area contributed by atoms with E-state index in [4.69, 9.17) is 0 Å². The van der Waals surface area contributed by atoms with Gasteiger partial charge in [-0.3, -0.25) is 4.99 Å². The van der Waals surface area contributed by atoms with E-state index in [2.05, 4.69) is 48.0 Å². The van der Waals surface area contributed by atoms with Crippen molar-refractivity contribution in [2.45, 2.75) is 51.9 Å². The second kappa shape index (κ2) is 4.66. The van der Waals surface area contributed by atoms with E-state index in [1.54, 1.807) is 19.2 Å². The van der Waals surface area contributed by atoms with E-state index >= 15 is 0 Å². The van der Waals surface area contributed by atoms with Gasteiger partial charge in [0.2, 0.25) is 0 Å². The van der Waals surface area contributed by atoms with Crippen LogP contribution in [0.4, 0.5) is 0 Å². The lowest BCUT2D eigenvalue weighted by Crippen LogP contribution is -2.26. The molecule has 96 valence electrons. The van der Waals surface area contributed by atoms with E-state index in [1.807, 2.05) is 6.08 Å². The Labute approximate surface area is 107 Å². The summed E-state index contributed by atoms with van der Waals surface area (Å²) in [6.45, 7) is 10.4. The van der Waals surface area contributed by atoms with Crippen LogP contribution in [0.2, 0.25) is 0 Å². The van der Waals surface area contributed by atoms with Crippen molar-refractivity contribution in [2.75, 3.05) is 0 Å². The van der Waals surface area contributed by atoms with E-state index in [1.165, 1.54) is 5.57 Å². The molecule has 1 aliphatic rings. The van der Waals surface area contributed by atoms with Crippen molar-refractivity contribution in [2.24, 2.45) is 10.4 Å². The average molecular weight is 253 g/mol. The minimum Gasteiger partial charge on any atom is -0.366 e. The van der Waals surface area contributed by atoms with E-state index in [-0.39, 0.29) is 10.6 Å². The van der Waals surface area contributed by atoms with Gasteiger partial charge < -0.3 is 5.11 Å². The van der Waals surface area contributed by atoms with Crippen LogP contribution < -0.4 is 0 Å². The predicted octanol–water partition coefficient (Wildman–Crippen LogP) is 3.33. The van der Waals surface area contributed by atoms with Crippen molar-refractivity contribution < 1.29 is 5.11 Å². The van der Waals surface area contributed by atoms with E-state index < -0.39 is 5.72 Å². The van der Waals surface area contributed by atoms with Crippen molar-refractivity contribution in [3.05, 3.63) is 23.8 Å². The van der Waals surface area contributed by atoms with Crippen LogP contribution in [0, 0.1) is 5.41 Å². The van der Waals surface area contributed by atoms with Crippen LogP contribution in [0.5, 0.6) is 0 Å². The van der Waals surface area contributed by atoms with Gasteiger partial charge in [0.05, 0.1) is 0 Å². The summed E-state index contributed by atoms with van der Waals surface area (Å²) >= 11 is 0. The Morgan fingerprint density at radius 1 is 1.41 bits per heavy atom. The Bertz CT molecular complexity index is 376. The van der Waals surface area contributed by atoms with Gasteiger partial charge in [0, 0.05) is 11.4 Å². The van der Waals surface area contributed by atoms with Crippen LogP contribution >= 0.6 is 9.24 Å². The molecular weight excluding hydrogens is 229 g/mol. The van der Waals surface area contributed by atoms with E-state index in [0.717, 1.165) is 6.42 Å². The van der Waals surface area contributed by atoms with Crippen molar-refractivity contribution in [3.63, 3.8) is 0 Å². The molecule has 1 heterocycles. The summed E-state index contributed by atoms with van der Waals surface area (Å²) in [4.78, 5) is 4.19. The SMILES string of the molecule is CCC(C)(C)C1=C/C(C)(P)/C=N\C(C)(O)/C=C\1. The highest BCUT2D eigenvalue weighted by atomic mass is 31.0. The molecular formula is C14H24NOP. The molecule has 1 N–H and O–H groups in total.